The first-order chi connectivity index (χ1) is 7.36. The molecule has 1 aliphatic heterocycles. The van der Waals surface area contributed by atoms with E-state index in [1.54, 1.807) is 11.3 Å². The average molecular weight is 253 g/mol. The van der Waals surface area contributed by atoms with Gasteiger partial charge >= 0.3 is 0 Å². The smallest absolute Gasteiger partial charge is 0.0404 e. The van der Waals surface area contributed by atoms with Crippen LogP contribution in [0.4, 0.5) is 0 Å². The highest BCUT2D eigenvalue weighted by Gasteiger charge is 2.23. The number of thioether (sulfide) groups is 1. The topological polar surface area (TPSA) is 26.0 Å². The van der Waals surface area contributed by atoms with Crippen molar-refractivity contribution < 1.29 is 0 Å². The largest absolute Gasteiger partial charge is 0.323 e. The third kappa shape index (κ3) is 1.65. The molecule has 2 aromatic heterocycles. The van der Waals surface area contributed by atoms with Gasteiger partial charge < -0.3 is 5.73 Å². The highest BCUT2D eigenvalue weighted by Crippen LogP contribution is 2.42. The molecular weight excluding hydrogens is 242 g/mol. The van der Waals surface area contributed by atoms with Gasteiger partial charge in [0, 0.05) is 38.2 Å². The first-order valence-electron chi connectivity index (χ1n) is 4.83. The standard InChI is InChI=1S/C11H11NS3/c12-8-5-13-6-10-11(8)7(4-15-10)9-2-1-3-14-9/h1-4,8H,5-6,12H2. The normalized spacial score (nSPS) is 20.2. The fraction of sp³-hybridized carbons (Fsp3) is 0.273. The van der Waals surface area contributed by atoms with E-state index in [4.69, 9.17) is 5.73 Å². The Morgan fingerprint density at radius 3 is 3.07 bits per heavy atom. The summed E-state index contributed by atoms with van der Waals surface area (Å²) in [7, 11) is 0. The molecule has 4 heteroatoms. The lowest BCUT2D eigenvalue weighted by Crippen LogP contribution is -2.17. The Hall–Kier alpha value is -0.290. The van der Waals surface area contributed by atoms with E-state index in [9.17, 15) is 0 Å². The number of rotatable bonds is 1. The quantitative estimate of drug-likeness (QED) is 0.838. The molecule has 0 radical (unpaired) electrons. The fourth-order valence-corrected chi connectivity index (χ4v) is 5.05. The molecule has 0 saturated heterocycles. The summed E-state index contributed by atoms with van der Waals surface area (Å²) in [6.07, 6.45) is 0. The lowest BCUT2D eigenvalue weighted by Gasteiger charge is -2.19. The Kier molecular flexibility index (Phi) is 2.60. The van der Waals surface area contributed by atoms with Crippen LogP contribution in [0.5, 0.6) is 0 Å². The Bertz CT molecular complexity index is 458. The predicted octanol–water partition coefficient (Wildman–Crippen LogP) is 3.72. The van der Waals surface area contributed by atoms with E-state index in [1.807, 2.05) is 23.1 Å². The Balaban J connectivity index is 2.14. The summed E-state index contributed by atoms with van der Waals surface area (Å²) in [5.41, 5.74) is 8.97. The van der Waals surface area contributed by atoms with Crippen LogP contribution in [0.2, 0.25) is 0 Å². The van der Waals surface area contributed by atoms with Crippen LogP contribution in [0.1, 0.15) is 16.5 Å². The molecule has 3 heterocycles. The van der Waals surface area contributed by atoms with E-state index in [0.717, 1.165) is 11.5 Å². The molecule has 78 valence electrons. The molecule has 0 aromatic carbocycles. The van der Waals surface area contributed by atoms with Gasteiger partial charge in [0.2, 0.25) is 0 Å². The van der Waals surface area contributed by atoms with Gasteiger partial charge in [-0.1, -0.05) is 6.07 Å². The van der Waals surface area contributed by atoms with Crippen LogP contribution in [-0.4, -0.2) is 5.75 Å². The van der Waals surface area contributed by atoms with E-state index < -0.39 is 0 Å². The third-order valence-corrected chi connectivity index (χ3v) is 5.77. The summed E-state index contributed by atoms with van der Waals surface area (Å²) < 4.78 is 0. The predicted molar refractivity (Wildman–Crippen MR) is 70.7 cm³/mol. The van der Waals surface area contributed by atoms with Crippen LogP contribution in [0.3, 0.4) is 0 Å². The molecule has 0 aliphatic carbocycles. The van der Waals surface area contributed by atoms with Crippen LogP contribution in [0.25, 0.3) is 10.4 Å². The summed E-state index contributed by atoms with van der Waals surface area (Å²) >= 11 is 5.60. The lowest BCUT2D eigenvalue weighted by atomic mass is 10.0. The average Bonchev–Trinajstić information content (AvgIpc) is 2.85. The molecule has 15 heavy (non-hydrogen) atoms. The zero-order valence-corrected chi connectivity index (χ0v) is 10.6. The number of hydrogen-bond donors (Lipinski definition) is 1. The maximum absolute atomic E-state index is 6.19. The molecular formula is C11H11NS3. The second-order valence-electron chi connectivity index (χ2n) is 3.59. The van der Waals surface area contributed by atoms with Crippen molar-refractivity contribution in [1.29, 1.82) is 0 Å². The van der Waals surface area contributed by atoms with Gasteiger partial charge in [-0.3, -0.25) is 0 Å². The van der Waals surface area contributed by atoms with Crippen molar-refractivity contribution in [2.45, 2.75) is 11.8 Å². The number of fused-ring (bicyclic) bond motifs is 1. The minimum absolute atomic E-state index is 0.224. The lowest BCUT2D eigenvalue weighted by molar-refractivity contribution is 0.820. The minimum Gasteiger partial charge on any atom is -0.323 e. The maximum atomic E-state index is 6.19. The molecule has 1 atom stereocenters. The van der Waals surface area contributed by atoms with Gasteiger partial charge in [-0.05, 0) is 17.0 Å². The van der Waals surface area contributed by atoms with E-state index >= 15 is 0 Å². The van der Waals surface area contributed by atoms with Crippen LogP contribution in [0.15, 0.2) is 22.9 Å². The molecule has 0 amide bonds. The van der Waals surface area contributed by atoms with Gasteiger partial charge in [0.25, 0.3) is 0 Å². The monoisotopic (exact) mass is 253 g/mol. The van der Waals surface area contributed by atoms with E-state index in [2.05, 4.69) is 22.9 Å². The van der Waals surface area contributed by atoms with Crippen molar-refractivity contribution in [2.75, 3.05) is 5.75 Å². The number of nitrogens with two attached hydrogens (primary N) is 1. The molecule has 3 rings (SSSR count). The molecule has 2 N–H and O–H groups in total. The molecule has 2 aromatic rings. The van der Waals surface area contributed by atoms with Gasteiger partial charge in [0.15, 0.2) is 0 Å². The van der Waals surface area contributed by atoms with Crippen LogP contribution in [-0.2, 0) is 5.75 Å². The van der Waals surface area contributed by atoms with Crippen molar-refractivity contribution in [3.63, 3.8) is 0 Å². The summed E-state index contributed by atoms with van der Waals surface area (Å²) in [5.74, 6) is 2.20. The summed E-state index contributed by atoms with van der Waals surface area (Å²) in [5, 5.41) is 4.39. The SMILES string of the molecule is NC1CSCc2scc(-c3cccs3)c21. The Labute approximate surface area is 101 Å². The maximum Gasteiger partial charge on any atom is 0.0404 e. The first-order valence-corrected chi connectivity index (χ1v) is 7.75. The molecule has 0 saturated carbocycles. The molecule has 0 spiro atoms. The van der Waals surface area contributed by atoms with Crippen molar-refractivity contribution in [3.05, 3.63) is 33.3 Å². The molecule has 1 aliphatic rings. The van der Waals surface area contributed by atoms with Gasteiger partial charge in [0.1, 0.15) is 0 Å². The summed E-state index contributed by atoms with van der Waals surface area (Å²) in [4.78, 5) is 2.83. The zero-order valence-electron chi connectivity index (χ0n) is 8.10. The van der Waals surface area contributed by atoms with E-state index in [-0.39, 0.29) is 6.04 Å². The number of thiophene rings is 2. The van der Waals surface area contributed by atoms with Crippen LogP contribution >= 0.6 is 34.4 Å². The van der Waals surface area contributed by atoms with Gasteiger partial charge in [-0.2, -0.15) is 11.8 Å². The molecule has 1 nitrogen and oxygen atoms in total. The second-order valence-corrected chi connectivity index (χ2v) is 6.53. The Morgan fingerprint density at radius 1 is 1.33 bits per heavy atom. The molecule has 0 bridgehead atoms. The third-order valence-electron chi connectivity index (χ3n) is 2.60. The van der Waals surface area contributed by atoms with Gasteiger partial charge in [-0.15, -0.1) is 22.7 Å². The molecule has 0 fully saturated rings. The van der Waals surface area contributed by atoms with E-state index in [1.165, 1.54) is 20.9 Å². The minimum atomic E-state index is 0.224. The second kappa shape index (κ2) is 3.94. The van der Waals surface area contributed by atoms with Crippen LogP contribution in [0, 0.1) is 0 Å². The first kappa shape index (κ1) is 9.90. The van der Waals surface area contributed by atoms with Crippen molar-refractivity contribution in [3.8, 4) is 10.4 Å². The highest BCUT2D eigenvalue weighted by atomic mass is 32.2. The van der Waals surface area contributed by atoms with Crippen LogP contribution < -0.4 is 5.73 Å². The Morgan fingerprint density at radius 2 is 2.27 bits per heavy atom. The zero-order chi connectivity index (χ0) is 10.3. The summed E-state index contributed by atoms with van der Waals surface area (Å²) in [6.45, 7) is 0. The highest BCUT2D eigenvalue weighted by molar-refractivity contribution is 7.98. The van der Waals surface area contributed by atoms with Gasteiger partial charge in [0.05, 0.1) is 0 Å². The van der Waals surface area contributed by atoms with Crippen molar-refractivity contribution in [1.82, 2.24) is 0 Å². The van der Waals surface area contributed by atoms with Gasteiger partial charge in [-0.25, -0.2) is 0 Å². The number of hydrogen-bond acceptors (Lipinski definition) is 4. The molecule has 1 unspecified atom stereocenters. The fourth-order valence-electron chi connectivity index (χ4n) is 1.91. The van der Waals surface area contributed by atoms with Crippen molar-refractivity contribution in [2.24, 2.45) is 5.73 Å². The van der Waals surface area contributed by atoms with E-state index in [0.29, 0.717) is 0 Å². The van der Waals surface area contributed by atoms with Crippen molar-refractivity contribution >= 4 is 34.4 Å². The summed E-state index contributed by atoms with van der Waals surface area (Å²) in [6, 6.07) is 4.51.